The van der Waals surface area contributed by atoms with E-state index >= 15 is 0 Å². The Morgan fingerprint density at radius 3 is 2.29 bits per heavy atom. The summed E-state index contributed by atoms with van der Waals surface area (Å²) in [5.41, 5.74) is 0.514. The van der Waals surface area contributed by atoms with Crippen LogP contribution >= 0.6 is 46.1 Å². The highest BCUT2D eigenvalue weighted by molar-refractivity contribution is 7.18. The Bertz CT molecular complexity index is 592. The summed E-state index contributed by atoms with van der Waals surface area (Å²) in [7, 11) is 0. The molecule has 0 radical (unpaired) electrons. The SMILES string of the molecule is CCOC(=O)c1c(NC(=O)C(Cl)(Cl)Cl)sc(C(C)=O)c1C. The van der Waals surface area contributed by atoms with Crippen LogP contribution in [0.1, 0.15) is 39.4 Å². The summed E-state index contributed by atoms with van der Waals surface area (Å²) in [5.74, 6) is -1.81. The van der Waals surface area contributed by atoms with Crippen LogP contribution < -0.4 is 5.32 Å². The molecule has 0 aliphatic rings. The number of anilines is 1. The number of alkyl halides is 3. The molecular weight excluding hydrogens is 361 g/mol. The first-order valence-corrected chi connectivity index (χ1v) is 7.74. The lowest BCUT2D eigenvalue weighted by Crippen LogP contribution is -2.27. The number of Topliss-reactive ketones (excluding diaryl/α,β-unsaturated/α-hetero) is 1. The van der Waals surface area contributed by atoms with E-state index in [0.29, 0.717) is 10.4 Å². The molecular formula is C12H12Cl3NO4S. The first kappa shape index (κ1) is 18.2. The molecule has 0 fully saturated rings. The Morgan fingerprint density at radius 1 is 1.29 bits per heavy atom. The lowest BCUT2D eigenvalue weighted by molar-refractivity contribution is -0.115. The summed E-state index contributed by atoms with van der Waals surface area (Å²) in [6, 6.07) is 0. The van der Waals surface area contributed by atoms with Crippen molar-refractivity contribution in [2.75, 3.05) is 11.9 Å². The average molecular weight is 373 g/mol. The molecule has 1 N–H and O–H groups in total. The van der Waals surface area contributed by atoms with E-state index < -0.39 is 15.7 Å². The standard InChI is InChI=1S/C12H12Cl3NO4S/c1-4-20-10(18)7-5(2)8(6(3)17)21-9(7)16-11(19)12(13,14)15/h4H2,1-3H3,(H,16,19). The first-order valence-electron chi connectivity index (χ1n) is 5.79. The number of hydrogen-bond acceptors (Lipinski definition) is 5. The Morgan fingerprint density at radius 2 is 1.86 bits per heavy atom. The van der Waals surface area contributed by atoms with Crippen molar-refractivity contribution in [2.24, 2.45) is 0 Å². The normalized spacial score (nSPS) is 11.1. The molecule has 5 nitrogen and oxygen atoms in total. The molecule has 0 atom stereocenters. The van der Waals surface area contributed by atoms with E-state index in [-0.39, 0.29) is 23.0 Å². The van der Waals surface area contributed by atoms with Crippen molar-refractivity contribution in [3.05, 3.63) is 16.0 Å². The maximum atomic E-state index is 12.0. The predicted molar refractivity (Wildman–Crippen MR) is 83.9 cm³/mol. The summed E-state index contributed by atoms with van der Waals surface area (Å²) in [4.78, 5) is 35.6. The molecule has 1 amide bonds. The van der Waals surface area contributed by atoms with Crippen LogP contribution in [0.25, 0.3) is 0 Å². The van der Waals surface area contributed by atoms with Crippen LogP contribution in [0.2, 0.25) is 0 Å². The fraction of sp³-hybridized carbons (Fsp3) is 0.417. The zero-order chi connectivity index (χ0) is 16.4. The van der Waals surface area contributed by atoms with Gasteiger partial charge in [0.2, 0.25) is 0 Å². The number of esters is 1. The average Bonchev–Trinajstić information content (AvgIpc) is 2.65. The number of ether oxygens (including phenoxy) is 1. The number of carbonyl (C=O) groups excluding carboxylic acids is 3. The fourth-order valence-corrected chi connectivity index (χ4v) is 2.79. The number of carbonyl (C=O) groups is 3. The molecule has 116 valence electrons. The number of halogens is 3. The van der Waals surface area contributed by atoms with E-state index in [9.17, 15) is 14.4 Å². The second-order valence-corrected chi connectivity index (χ2v) is 7.29. The van der Waals surface area contributed by atoms with Gasteiger partial charge in [0.1, 0.15) is 5.00 Å². The van der Waals surface area contributed by atoms with Gasteiger partial charge in [0, 0.05) is 0 Å². The second kappa shape index (κ2) is 6.96. The van der Waals surface area contributed by atoms with E-state index in [1.807, 2.05) is 0 Å². The molecule has 1 aromatic rings. The zero-order valence-corrected chi connectivity index (χ0v) is 14.5. The van der Waals surface area contributed by atoms with Crippen molar-refractivity contribution < 1.29 is 19.1 Å². The van der Waals surface area contributed by atoms with Gasteiger partial charge in [-0.1, -0.05) is 34.8 Å². The highest BCUT2D eigenvalue weighted by Gasteiger charge is 2.33. The molecule has 1 heterocycles. The molecule has 0 unspecified atom stereocenters. The summed E-state index contributed by atoms with van der Waals surface area (Å²) < 4.78 is 2.74. The molecule has 0 bridgehead atoms. The maximum Gasteiger partial charge on any atom is 0.341 e. The van der Waals surface area contributed by atoms with Crippen molar-refractivity contribution >= 4 is 68.8 Å². The van der Waals surface area contributed by atoms with Crippen LogP contribution in [0.5, 0.6) is 0 Å². The minimum atomic E-state index is -2.18. The Kier molecular flexibility index (Phi) is 6.04. The highest BCUT2D eigenvalue weighted by atomic mass is 35.6. The van der Waals surface area contributed by atoms with Gasteiger partial charge >= 0.3 is 5.97 Å². The van der Waals surface area contributed by atoms with Crippen molar-refractivity contribution in [2.45, 2.75) is 24.6 Å². The van der Waals surface area contributed by atoms with E-state index in [2.05, 4.69) is 5.32 Å². The topological polar surface area (TPSA) is 72.5 Å². The van der Waals surface area contributed by atoms with E-state index in [1.54, 1.807) is 13.8 Å². The third-order valence-electron chi connectivity index (χ3n) is 2.43. The highest BCUT2D eigenvalue weighted by Crippen LogP contribution is 2.36. The van der Waals surface area contributed by atoms with Gasteiger partial charge in [-0.05, 0) is 26.3 Å². The lowest BCUT2D eigenvalue weighted by Gasteiger charge is -2.11. The first-order chi connectivity index (χ1) is 9.59. The summed E-state index contributed by atoms with van der Waals surface area (Å²) in [6.07, 6.45) is 0. The summed E-state index contributed by atoms with van der Waals surface area (Å²) >= 11 is 17.4. The third-order valence-corrected chi connectivity index (χ3v) is 4.25. The van der Waals surface area contributed by atoms with Gasteiger partial charge in [-0.3, -0.25) is 9.59 Å². The molecule has 9 heteroatoms. The van der Waals surface area contributed by atoms with E-state index in [1.165, 1.54) is 6.92 Å². The van der Waals surface area contributed by atoms with Crippen molar-refractivity contribution in [3.63, 3.8) is 0 Å². The largest absolute Gasteiger partial charge is 0.462 e. The van der Waals surface area contributed by atoms with Crippen LogP contribution in [0, 0.1) is 6.92 Å². The third kappa shape index (κ3) is 4.32. The van der Waals surface area contributed by atoms with Crippen LogP contribution in [-0.4, -0.2) is 28.1 Å². The molecule has 1 aromatic heterocycles. The van der Waals surface area contributed by atoms with E-state index in [4.69, 9.17) is 39.5 Å². The van der Waals surface area contributed by atoms with E-state index in [0.717, 1.165) is 11.3 Å². The van der Waals surface area contributed by atoms with Gasteiger partial charge in [-0.15, -0.1) is 11.3 Å². The van der Waals surface area contributed by atoms with Crippen molar-refractivity contribution in [1.29, 1.82) is 0 Å². The zero-order valence-electron chi connectivity index (χ0n) is 11.4. The van der Waals surface area contributed by atoms with Crippen molar-refractivity contribution in [3.8, 4) is 0 Å². The van der Waals surface area contributed by atoms with Gasteiger partial charge in [-0.2, -0.15) is 0 Å². The summed E-state index contributed by atoms with van der Waals surface area (Å²) in [5, 5.41) is 2.45. The lowest BCUT2D eigenvalue weighted by atomic mass is 10.1. The number of amides is 1. The van der Waals surface area contributed by atoms with Gasteiger partial charge in [0.05, 0.1) is 17.0 Å². The fourth-order valence-electron chi connectivity index (χ4n) is 1.56. The van der Waals surface area contributed by atoms with Crippen LogP contribution in [0.4, 0.5) is 5.00 Å². The molecule has 0 saturated heterocycles. The molecule has 1 rings (SSSR count). The van der Waals surface area contributed by atoms with Gasteiger partial charge in [0.15, 0.2) is 5.78 Å². The van der Waals surface area contributed by atoms with Crippen LogP contribution in [0.15, 0.2) is 0 Å². The molecule has 0 aromatic carbocycles. The minimum Gasteiger partial charge on any atom is -0.462 e. The number of hydrogen-bond donors (Lipinski definition) is 1. The Hall–Kier alpha value is -0.820. The van der Waals surface area contributed by atoms with Crippen LogP contribution in [-0.2, 0) is 9.53 Å². The predicted octanol–water partition coefficient (Wildman–Crippen LogP) is 3.74. The molecule has 0 aliphatic carbocycles. The second-order valence-electron chi connectivity index (χ2n) is 3.99. The molecule has 0 saturated carbocycles. The monoisotopic (exact) mass is 371 g/mol. The van der Waals surface area contributed by atoms with Crippen molar-refractivity contribution in [1.82, 2.24) is 0 Å². The maximum absolute atomic E-state index is 12.0. The quantitative estimate of drug-likeness (QED) is 0.496. The minimum absolute atomic E-state index is 0.0923. The molecule has 21 heavy (non-hydrogen) atoms. The number of thiophene rings is 1. The number of ketones is 1. The number of rotatable bonds is 4. The molecule has 0 aliphatic heterocycles. The van der Waals surface area contributed by atoms with Gasteiger partial charge in [-0.25, -0.2) is 4.79 Å². The van der Waals surface area contributed by atoms with Gasteiger partial charge < -0.3 is 10.1 Å². The Balaban J connectivity index is 3.30. The number of nitrogens with one attached hydrogen (secondary N) is 1. The van der Waals surface area contributed by atoms with Crippen LogP contribution in [0.3, 0.4) is 0 Å². The molecule has 0 spiro atoms. The smallest absolute Gasteiger partial charge is 0.341 e. The summed E-state index contributed by atoms with van der Waals surface area (Å²) in [6.45, 7) is 4.74. The van der Waals surface area contributed by atoms with Gasteiger partial charge in [0.25, 0.3) is 9.70 Å². The Labute approximate surface area is 140 Å².